The molecule has 234 valence electrons. The number of aliphatic hydroxyl groups excluding tert-OH is 6. The first-order valence-corrected chi connectivity index (χ1v) is 14.0. The maximum atomic E-state index is 13.4. The van der Waals surface area contributed by atoms with Crippen molar-refractivity contribution in [2.45, 2.75) is 115 Å². The molecular weight excluding hydrogens is 528 g/mol. The molecule has 2 fully saturated rings. The van der Waals surface area contributed by atoms with E-state index >= 15 is 0 Å². The van der Waals surface area contributed by atoms with Crippen LogP contribution in [0.25, 0.3) is 0 Å². The Morgan fingerprint density at radius 1 is 1.15 bits per heavy atom. The van der Waals surface area contributed by atoms with Crippen molar-refractivity contribution >= 4 is 5.91 Å². The summed E-state index contributed by atoms with van der Waals surface area (Å²) in [5.41, 5.74) is 5.96. The van der Waals surface area contributed by atoms with E-state index in [-0.39, 0.29) is 37.6 Å². The Kier molecular flexibility index (Phi) is 13.4. The van der Waals surface area contributed by atoms with Crippen LogP contribution in [0.15, 0.2) is 12.2 Å². The average Bonchev–Trinajstić information content (AvgIpc) is 2.86. The Balaban J connectivity index is 2.42. The fourth-order valence-electron chi connectivity index (χ4n) is 5.01. The molecule has 0 bridgehead atoms. The number of rotatable bonds is 13. The number of amides is 1. The third-order valence-corrected chi connectivity index (χ3v) is 7.53. The number of ether oxygens (including phenoxy) is 3. The lowest BCUT2D eigenvalue weighted by Crippen LogP contribution is -2.62. The second-order valence-corrected chi connectivity index (χ2v) is 11.7. The molecule has 13 nitrogen and oxygen atoms in total. The number of hydrogen-bond acceptors (Lipinski definition) is 12. The van der Waals surface area contributed by atoms with Crippen LogP contribution in [-0.2, 0) is 19.0 Å². The van der Waals surface area contributed by atoms with Gasteiger partial charge in [0.1, 0.15) is 12.8 Å². The number of carbonyl (C=O) groups excluding carboxylic acids is 1. The van der Waals surface area contributed by atoms with E-state index in [0.29, 0.717) is 0 Å². The Labute approximate surface area is 236 Å². The largest absolute Gasteiger partial charge is 0.395 e. The molecule has 1 amide bonds. The summed E-state index contributed by atoms with van der Waals surface area (Å²) in [6, 6.07) is -1.04. The quantitative estimate of drug-likeness (QED) is 0.0916. The zero-order valence-corrected chi connectivity index (χ0v) is 24.1. The SMILES string of the molecule is CC(C)/C=C/[C@@H](C[C@@H]1O[C@](O)(C[C@@H](O)C(C)C)C[C@H](O)[C@H]1C(=O)N(CO)CCO)OC1OC(C)C(O)C(N)C1O. The van der Waals surface area contributed by atoms with Gasteiger partial charge in [0.05, 0.1) is 55.2 Å². The van der Waals surface area contributed by atoms with E-state index < -0.39 is 86.0 Å². The standard InChI is InChI=1S/C27H50N2O11/c1-14(2)6-7-17(39-26-24(35)22(28)23(34)16(5)38-26)10-20-21(25(36)29(13-31)8-9-30)19(33)12-27(37,40-20)11-18(32)15(3)4/h6-7,14-24,26,30-35,37H,8-13,28H2,1-5H3/b7-6+/t16?,17-,18+,19-,20-,21+,22?,23?,24?,26?,27+/m0/s1. The van der Waals surface area contributed by atoms with Crippen LogP contribution in [0.5, 0.6) is 0 Å². The minimum Gasteiger partial charge on any atom is -0.395 e. The first-order valence-electron chi connectivity index (χ1n) is 14.0. The third kappa shape index (κ3) is 9.13. The summed E-state index contributed by atoms with van der Waals surface area (Å²) < 4.78 is 17.8. The van der Waals surface area contributed by atoms with E-state index in [0.717, 1.165) is 4.90 Å². The van der Waals surface area contributed by atoms with Crippen LogP contribution in [0.1, 0.15) is 53.9 Å². The number of allylic oxidation sites excluding steroid dienone is 1. The molecule has 0 aliphatic carbocycles. The Morgan fingerprint density at radius 3 is 2.35 bits per heavy atom. The molecule has 5 unspecified atom stereocenters. The predicted octanol–water partition coefficient (Wildman–Crippen LogP) is -1.60. The van der Waals surface area contributed by atoms with Gasteiger partial charge < -0.3 is 60.6 Å². The van der Waals surface area contributed by atoms with Crippen molar-refractivity contribution < 1.29 is 54.8 Å². The molecule has 2 aliphatic rings. The Bertz CT molecular complexity index is 815. The summed E-state index contributed by atoms with van der Waals surface area (Å²) in [7, 11) is 0. The van der Waals surface area contributed by atoms with Gasteiger partial charge >= 0.3 is 0 Å². The van der Waals surface area contributed by atoms with Crippen molar-refractivity contribution in [2.24, 2.45) is 23.5 Å². The number of nitrogens with two attached hydrogens (primary N) is 1. The molecule has 2 aliphatic heterocycles. The molecule has 0 radical (unpaired) electrons. The van der Waals surface area contributed by atoms with Gasteiger partial charge in [-0.05, 0) is 18.8 Å². The number of hydrogen-bond donors (Lipinski definition) is 8. The molecule has 2 heterocycles. The maximum Gasteiger partial charge on any atom is 0.232 e. The molecule has 0 spiro atoms. The molecule has 0 saturated carbocycles. The molecule has 40 heavy (non-hydrogen) atoms. The van der Waals surface area contributed by atoms with E-state index in [2.05, 4.69) is 0 Å². The predicted molar refractivity (Wildman–Crippen MR) is 143 cm³/mol. The zero-order valence-electron chi connectivity index (χ0n) is 24.1. The van der Waals surface area contributed by atoms with Gasteiger partial charge in [0, 0.05) is 25.8 Å². The van der Waals surface area contributed by atoms with E-state index in [1.165, 1.54) is 0 Å². The molecular formula is C27H50N2O11. The van der Waals surface area contributed by atoms with Crippen LogP contribution in [0.2, 0.25) is 0 Å². The summed E-state index contributed by atoms with van der Waals surface area (Å²) in [5.74, 6) is -4.05. The average molecular weight is 579 g/mol. The van der Waals surface area contributed by atoms with Gasteiger partial charge in [0.25, 0.3) is 0 Å². The molecule has 2 saturated heterocycles. The van der Waals surface area contributed by atoms with Gasteiger partial charge in [0.15, 0.2) is 12.1 Å². The van der Waals surface area contributed by atoms with Gasteiger partial charge in [-0.15, -0.1) is 0 Å². The normalized spacial score (nSPS) is 36.8. The van der Waals surface area contributed by atoms with Gasteiger partial charge in [0.2, 0.25) is 5.91 Å². The minimum absolute atomic E-state index is 0.0918. The monoisotopic (exact) mass is 578 g/mol. The second kappa shape index (κ2) is 15.3. The highest BCUT2D eigenvalue weighted by Crippen LogP contribution is 2.39. The fourth-order valence-corrected chi connectivity index (χ4v) is 5.01. The Morgan fingerprint density at radius 2 is 1.80 bits per heavy atom. The second-order valence-electron chi connectivity index (χ2n) is 11.7. The molecule has 9 N–H and O–H groups in total. The van der Waals surface area contributed by atoms with Gasteiger partial charge in [-0.25, -0.2) is 0 Å². The number of nitrogens with zero attached hydrogens (tertiary/aromatic N) is 1. The van der Waals surface area contributed by atoms with Crippen molar-refractivity contribution in [3.05, 3.63) is 12.2 Å². The van der Waals surface area contributed by atoms with Crippen molar-refractivity contribution in [1.82, 2.24) is 4.90 Å². The van der Waals surface area contributed by atoms with Crippen LogP contribution >= 0.6 is 0 Å². The topological polar surface area (TPSA) is 216 Å². The van der Waals surface area contributed by atoms with Crippen LogP contribution in [0.3, 0.4) is 0 Å². The lowest BCUT2D eigenvalue weighted by molar-refractivity contribution is -0.308. The lowest BCUT2D eigenvalue weighted by Gasteiger charge is -2.47. The maximum absolute atomic E-state index is 13.4. The van der Waals surface area contributed by atoms with Crippen molar-refractivity contribution in [3.63, 3.8) is 0 Å². The molecule has 0 aromatic carbocycles. The number of carbonyl (C=O) groups is 1. The van der Waals surface area contributed by atoms with Gasteiger partial charge in [-0.2, -0.15) is 0 Å². The summed E-state index contributed by atoms with van der Waals surface area (Å²) in [6.07, 6.45) is -6.06. The minimum atomic E-state index is -1.97. The first-order chi connectivity index (χ1) is 18.6. The molecule has 0 aromatic heterocycles. The highest BCUT2D eigenvalue weighted by atomic mass is 16.7. The van der Waals surface area contributed by atoms with E-state index in [1.54, 1.807) is 26.8 Å². The van der Waals surface area contributed by atoms with Crippen LogP contribution in [0, 0.1) is 17.8 Å². The summed E-state index contributed by atoms with van der Waals surface area (Å²) in [4.78, 5) is 14.4. The smallest absolute Gasteiger partial charge is 0.232 e. The summed E-state index contributed by atoms with van der Waals surface area (Å²) in [5, 5.41) is 72.8. The Hall–Kier alpha value is -1.23. The molecule has 2 rings (SSSR count). The summed E-state index contributed by atoms with van der Waals surface area (Å²) >= 11 is 0. The highest BCUT2D eigenvalue weighted by molar-refractivity contribution is 5.80. The van der Waals surface area contributed by atoms with Crippen molar-refractivity contribution in [3.8, 4) is 0 Å². The van der Waals surface area contributed by atoms with Gasteiger partial charge in [-0.1, -0.05) is 39.8 Å². The van der Waals surface area contributed by atoms with Crippen LogP contribution in [-0.4, -0.2) is 127 Å². The van der Waals surface area contributed by atoms with E-state index in [4.69, 9.17) is 19.9 Å². The third-order valence-electron chi connectivity index (χ3n) is 7.53. The summed E-state index contributed by atoms with van der Waals surface area (Å²) in [6.45, 7) is 7.67. The van der Waals surface area contributed by atoms with Gasteiger partial charge in [-0.3, -0.25) is 4.79 Å². The van der Waals surface area contributed by atoms with Crippen LogP contribution in [0.4, 0.5) is 0 Å². The molecule has 13 heteroatoms. The lowest BCUT2D eigenvalue weighted by atomic mass is 9.81. The van der Waals surface area contributed by atoms with Crippen LogP contribution < -0.4 is 5.73 Å². The van der Waals surface area contributed by atoms with E-state index in [1.807, 2.05) is 19.9 Å². The van der Waals surface area contributed by atoms with Crippen molar-refractivity contribution in [2.75, 3.05) is 19.9 Å². The van der Waals surface area contributed by atoms with Crippen molar-refractivity contribution in [1.29, 1.82) is 0 Å². The number of aliphatic hydroxyl groups is 7. The van der Waals surface area contributed by atoms with E-state index in [9.17, 15) is 40.5 Å². The molecule has 0 aromatic rings. The first kappa shape index (κ1) is 35.0. The molecule has 11 atom stereocenters. The zero-order chi connectivity index (χ0) is 30.4. The fraction of sp³-hybridized carbons (Fsp3) is 0.889. The highest BCUT2D eigenvalue weighted by Gasteiger charge is 2.51.